The van der Waals surface area contributed by atoms with Crippen LogP contribution in [0.25, 0.3) is 0 Å². The van der Waals surface area contributed by atoms with E-state index in [1.54, 1.807) is 18.2 Å². The normalized spacial score (nSPS) is 25.0. The molecule has 2 aliphatic rings. The van der Waals surface area contributed by atoms with E-state index in [0.29, 0.717) is 29.6 Å². The van der Waals surface area contributed by atoms with Crippen molar-refractivity contribution < 1.29 is 9.59 Å². The van der Waals surface area contributed by atoms with Gasteiger partial charge in [-0.2, -0.15) is 0 Å². The van der Waals surface area contributed by atoms with Crippen LogP contribution in [0.2, 0.25) is 0 Å². The van der Waals surface area contributed by atoms with E-state index >= 15 is 0 Å². The van der Waals surface area contributed by atoms with Gasteiger partial charge in [-0.25, -0.2) is 0 Å². The van der Waals surface area contributed by atoms with E-state index < -0.39 is 0 Å². The van der Waals surface area contributed by atoms with E-state index in [9.17, 15) is 9.59 Å². The maximum atomic E-state index is 12.8. The summed E-state index contributed by atoms with van der Waals surface area (Å²) in [5.41, 5.74) is 8.61. The summed E-state index contributed by atoms with van der Waals surface area (Å²) in [6, 6.07) is 17.2. The molecular formula is C24H30ClN3O2. The Morgan fingerprint density at radius 3 is 2.37 bits per heavy atom. The maximum absolute atomic E-state index is 12.8. The van der Waals surface area contributed by atoms with Crippen LogP contribution in [0, 0.1) is 17.8 Å². The fourth-order valence-electron chi connectivity index (χ4n) is 4.87. The Hall–Kier alpha value is -2.37. The molecule has 0 saturated heterocycles. The van der Waals surface area contributed by atoms with Crippen molar-refractivity contribution in [2.24, 2.45) is 23.5 Å². The quantitative estimate of drug-likeness (QED) is 0.670. The van der Waals surface area contributed by atoms with Crippen LogP contribution in [0.5, 0.6) is 0 Å². The monoisotopic (exact) mass is 427 g/mol. The molecule has 5 nitrogen and oxygen atoms in total. The van der Waals surface area contributed by atoms with Gasteiger partial charge in [0.15, 0.2) is 0 Å². The summed E-state index contributed by atoms with van der Waals surface area (Å²) in [5.74, 6) is 0.848. The highest BCUT2D eigenvalue weighted by Crippen LogP contribution is 2.42. The van der Waals surface area contributed by atoms with Gasteiger partial charge in [0.25, 0.3) is 5.91 Å². The molecule has 4 rings (SSSR count). The highest BCUT2D eigenvalue weighted by Gasteiger charge is 2.40. The maximum Gasteiger partial charge on any atom is 0.251 e. The fourth-order valence-corrected chi connectivity index (χ4v) is 4.87. The van der Waals surface area contributed by atoms with Crippen LogP contribution in [0.15, 0.2) is 54.6 Å². The van der Waals surface area contributed by atoms with E-state index in [1.807, 2.05) is 36.4 Å². The molecule has 2 unspecified atom stereocenters. The van der Waals surface area contributed by atoms with Crippen molar-refractivity contribution in [3.05, 3.63) is 65.7 Å². The number of anilines is 1. The van der Waals surface area contributed by atoms with Crippen LogP contribution in [-0.2, 0) is 11.3 Å². The molecule has 0 heterocycles. The van der Waals surface area contributed by atoms with Crippen molar-refractivity contribution in [2.45, 2.75) is 44.7 Å². The first-order chi connectivity index (χ1) is 14.1. The zero-order valence-electron chi connectivity index (χ0n) is 17.1. The van der Waals surface area contributed by atoms with Crippen LogP contribution >= 0.6 is 12.4 Å². The summed E-state index contributed by atoms with van der Waals surface area (Å²) in [7, 11) is 0. The fraction of sp³-hybridized carbons (Fsp3) is 0.417. The van der Waals surface area contributed by atoms with E-state index in [1.165, 1.54) is 6.42 Å². The number of fused-ring (bicyclic) bond motifs is 2. The van der Waals surface area contributed by atoms with Gasteiger partial charge in [0.05, 0.1) is 0 Å². The number of nitrogens with two attached hydrogens (primary N) is 1. The van der Waals surface area contributed by atoms with Crippen molar-refractivity contribution >= 4 is 29.9 Å². The molecule has 6 heteroatoms. The van der Waals surface area contributed by atoms with E-state index in [0.717, 1.165) is 31.2 Å². The first kappa shape index (κ1) is 22.3. The largest absolute Gasteiger partial charge is 0.348 e. The summed E-state index contributed by atoms with van der Waals surface area (Å²) in [4.78, 5) is 25.3. The molecular weight excluding hydrogens is 398 g/mol. The Morgan fingerprint density at radius 2 is 1.67 bits per heavy atom. The predicted molar refractivity (Wildman–Crippen MR) is 121 cm³/mol. The minimum atomic E-state index is -0.150. The molecule has 0 radical (unpaired) electrons. The second-order valence-corrected chi connectivity index (χ2v) is 8.44. The van der Waals surface area contributed by atoms with Gasteiger partial charge in [-0.15, -0.1) is 12.4 Å². The van der Waals surface area contributed by atoms with Gasteiger partial charge in [0.1, 0.15) is 0 Å². The average Bonchev–Trinajstić information content (AvgIpc) is 2.72. The molecule has 0 aliphatic heterocycles. The molecule has 2 bridgehead atoms. The molecule has 2 amide bonds. The van der Waals surface area contributed by atoms with Crippen molar-refractivity contribution in [2.75, 3.05) is 5.32 Å². The molecule has 2 aromatic carbocycles. The topological polar surface area (TPSA) is 84.2 Å². The highest BCUT2D eigenvalue weighted by molar-refractivity contribution is 5.97. The third kappa shape index (κ3) is 5.21. The number of rotatable bonds is 5. The number of carbonyl (C=O) groups excluding carboxylic acids is 2. The van der Waals surface area contributed by atoms with Gasteiger partial charge < -0.3 is 16.4 Å². The van der Waals surface area contributed by atoms with Gasteiger partial charge in [0, 0.05) is 29.8 Å². The summed E-state index contributed by atoms with van der Waals surface area (Å²) < 4.78 is 0. The third-order valence-corrected chi connectivity index (χ3v) is 6.47. The van der Waals surface area contributed by atoms with Crippen molar-refractivity contribution in [1.82, 2.24) is 5.32 Å². The molecule has 30 heavy (non-hydrogen) atoms. The molecule has 4 N–H and O–H groups in total. The molecule has 2 saturated carbocycles. The number of carbonyl (C=O) groups is 2. The predicted octanol–water partition coefficient (Wildman–Crippen LogP) is 4.13. The lowest BCUT2D eigenvalue weighted by atomic mass is 9.65. The van der Waals surface area contributed by atoms with E-state index in [2.05, 4.69) is 10.6 Å². The van der Waals surface area contributed by atoms with Crippen molar-refractivity contribution in [3.8, 4) is 0 Å². The smallest absolute Gasteiger partial charge is 0.251 e. The number of benzene rings is 2. The molecule has 0 aromatic heterocycles. The van der Waals surface area contributed by atoms with Crippen LogP contribution in [-0.4, -0.2) is 17.9 Å². The zero-order chi connectivity index (χ0) is 20.2. The number of halogens is 1. The van der Waals surface area contributed by atoms with Gasteiger partial charge in [-0.05, 0) is 61.3 Å². The molecule has 160 valence electrons. The van der Waals surface area contributed by atoms with Crippen LogP contribution in [0.3, 0.4) is 0 Å². The summed E-state index contributed by atoms with van der Waals surface area (Å²) in [5, 5.41) is 5.95. The molecule has 2 fully saturated rings. The van der Waals surface area contributed by atoms with Crippen LogP contribution in [0.4, 0.5) is 5.69 Å². The Morgan fingerprint density at radius 1 is 0.967 bits per heavy atom. The Kier molecular flexibility index (Phi) is 7.51. The van der Waals surface area contributed by atoms with E-state index in [-0.39, 0.29) is 36.2 Å². The summed E-state index contributed by atoms with van der Waals surface area (Å²) >= 11 is 0. The van der Waals surface area contributed by atoms with Crippen molar-refractivity contribution in [1.29, 1.82) is 0 Å². The Balaban J connectivity index is 0.00000256. The average molecular weight is 428 g/mol. The third-order valence-electron chi connectivity index (χ3n) is 6.47. The number of hydrogen-bond acceptors (Lipinski definition) is 3. The van der Waals surface area contributed by atoms with E-state index in [4.69, 9.17) is 5.73 Å². The Labute approximate surface area is 184 Å². The number of nitrogens with one attached hydrogen (secondary N) is 2. The number of hydrogen-bond donors (Lipinski definition) is 3. The summed E-state index contributed by atoms with van der Waals surface area (Å²) in [6.07, 6.45) is 5.26. The minimum absolute atomic E-state index is 0. The standard InChI is InChI=1S/C24H29N3O2.ClH/c25-22-17-8-4-9-18(22)13-20(12-17)24(29)27-21-11-5-10-19(14-21)23(28)26-15-16-6-2-1-3-7-16;/h1-3,5-7,10-11,14,17-18,20,22H,4,8-9,12-13,15,25H2,(H,26,28)(H,27,29);1H. The summed E-state index contributed by atoms with van der Waals surface area (Å²) in [6.45, 7) is 0.474. The lowest BCUT2D eigenvalue weighted by Crippen LogP contribution is -2.48. The molecule has 2 atom stereocenters. The van der Waals surface area contributed by atoms with Crippen molar-refractivity contribution in [3.63, 3.8) is 0 Å². The second kappa shape index (κ2) is 10.1. The lowest BCUT2D eigenvalue weighted by molar-refractivity contribution is -0.122. The second-order valence-electron chi connectivity index (χ2n) is 8.44. The molecule has 2 aliphatic carbocycles. The lowest BCUT2D eigenvalue weighted by Gasteiger charge is -2.43. The van der Waals surface area contributed by atoms with Gasteiger partial charge in [-0.3, -0.25) is 9.59 Å². The number of amides is 2. The zero-order valence-corrected chi connectivity index (χ0v) is 17.9. The first-order valence-electron chi connectivity index (χ1n) is 10.6. The van der Waals surface area contributed by atoms with Gasteiger partial charge in [0.2, 0.25) is 5.91 Å². The SMILES string of the molecule is Cl.NC1C2CCCC1CC(C(=O)Nc1cccc(C(=O)NCc3ccccc3)c1)C2. The minimum Gasteiger partial charge on any atom is -0.348 e. The molecule has 2 aromatic rings. The van der Waals surface area contributed by atoms with Crippen LogP contribution in [0.1, 0.15) is 48.0 Å². The highest BCUT2D eigenvalue weighted by atomic mass is 35.5. The Bertz CT molecular complexity index is 860. The van der Waals surface area contributed by atoms with Gasteiger partial charge >= 0.3 is 0 Å². The first-order valence-corrected chi connectivity index (χ1v) is 10.6. The molecule has 0 spiro atoms. The van der Waals surface area contributed by atoms with Gasteiger partial charge in [-0.1, -0.05) is 42.8 Å². The van der Waals surface area contributed by atoms with Crippen LogP contribution < -0.4 is 16.4 Å².